The number of ether oxygens (including phenoxy) is 1. The van der Waals surface area contributed by atoms with Crippen LogP contribution in [0.4, 0.5) is 0 Å². The van der Waals surface area contributed by atoms with Gasteiger partial charge < -0.3 is 9.84 Å². The van der Waals surface area contributed by atoms with E-state index in [4.69, 9.17) is 4.74 Å². The molecule has 0 aliphatic carbocycles. The van der Waals surface area contributed by atoms with Crippen molar-refractivity contribution < 1.29 is 9.84 Å². The smallest absolute Gasteiger partial charge is 0.120 e. The zero-order valence-corrected chi connectivity index (χ0v) is 22.3. The number of hydrogen-bond acceptors (Lipinski definition) is 2. The van der Waals surface area contributed by atoms with Gasteiger partial charge in [0.1, 0.15) is 11.9 Å². The van der Waals surface area contributed by atoms with Crippen LogP contribution < -0.4 is 4.74 Å². The third-order valence-corrected chi connectivity index (χ3v) is 6.22. The maximum absolute atomic E-state index is 9.68. The fourth-order valence-electron chi connectivity index (χ4n) is 3.97. The van der Waals surface area contributed by atoms with Gasteiger partial charge in [-0.1, -0.05) is 105 Å². The Morgan fingerprint density at radius 1 is 0.719 bits per heavy atom. The summed E-state index contributed by atoms with van der Waals surface area (Å²) in [6, 6.07) is 10.0. The minimum atomic E-state index is -0.334. The van der Waals surface area contributed by atoms with Crippen molar-refractivity contribution >= 4 is 0 Å². The van der Waals surface area contributed by atoms with Crippen molar-refractivity contribution in [2.45, 2.75) is 93.3 Å². The lowest BCUT2D eigenvalue weighted by Gasteiger charge is -2.29. The Morgan fingerprint density at radius 2 is 1.19 bits per heavy atom. The van der Waals surface area contributed by atoms with Crippen molar-refractivity contribution in [2.75, 3.05) is 0 Å². The van der Waals surface area contributed by atoms with Gasteiger partial charge in [0.15, 0.2) is 0 Å². The predicted molar refractivity (Wildman–Crippen MR) is 142 cm³/mol. The van der Waals surface area contributed by atoms with Gasteiger partial charge in [0, 0.05) is 5.92 Å². The quantitative estimate of drug-likeness (QED) is 0.291. The lowest BCUT2D eigenvalue weighted by atomic mass is 9.84. The van der Waals surface area contributed by atoms with Crippen molar-refractivity contribution in [3.8, 4) is 5.75 Å². The SMILES string of the molecule is C=C[C@H](O)[C@@H](CCC(C)C)C(C)C.C=C[C@H](Oc1ccccc1)[C@@H](CCC(C)C)C(C)C. The average Bonchev–Trinajstić information content (AvgIpc) is 2.73. The predicted octanol–water partition coefficient (Wildman–Crippen LogP) is 8.57. The fraction of sp³-hybridized carbons (Fsp3) is 0.667. The summed E-state index contributed by atoms with van der Waals surface area (Å²) in [6.45, 7) is 25.5. The molecule has 0 spiro atoms. The Morgan fingerprint density at radius 3 is 1.56 bits per heavy atom. The summed E-state index contributed by atoms with van der Waals surface area (Å²) in [4.78, 5) is 0. The Kier molecular flexibility index (Phi) is 16.2. The van der Waals surface area contributed by atoms with E-state index in [2.05, 4.69) is 68.5 Å². The van der Waals surface area contributed by atoms with Gasteiger partial charge in [-0.2, -0.15) is 0 Å². The van der Waals surface area contributed by atoms with Crippen LogP contribution in [0, 0.1) is 35.5 Å². The molecular formula is C30H52O2. The molecule has 0 aliphatic heterocycles. The Labute approximate surface area is 200 Å². The summed E-state index contributed by atoms with van der Waals surface area (Å²) < 4.78 is 6.10. The molecule has 32 heavy (non-hydrogen) atoms. The van der Waals surface area contributed by atoms with E-state index in [0.29, 0.717) is 23.7 Å². The molecule has 0 amide bonds. The molecule has 0 heterocycles. The lowest BCUT2D eigenvalue weighted by molar-refractivity contribution is 0.112. The molecule has 0 bridgehead atoms. The third kappa shape index (κ3) is 13.1. The summed E-state index contributed by atoms with van der Waals surface area (Å²) in [6.07, 6.45) is 8.10. The highest BCUT2D eigenvalue weighted by atomic mass is 16.5. The lowest BCUT2D eigenvalue weighted by Crippen LogP contribution is -2.29. The molecule has 0 unspecified atom stereocenters. The standard InChI is InChI=1S/C18H28O.C12H24O/c1-6-18(19-16-10-8-7-9-11-16)17(15(4)5)13-12-14(2)3;1-6-12(13)11(10(4)5)8-7-9(2)3/h6-11,14-15,17-18H,1,12-13H2,2-5H3;6,9-13H,1,7-8H2,2-5H3/t17-,18-;11-,12-/m00/s1. The van der Waals surface area contributed by atoms with Crippen LogP contribution in [0.5, 0.6) is 5.75 Å². The maximum atomic E-state index is 9.68. The second-order valence-corrected chi connectivity index (χ2v) is 10.6. The first kappa shape index (κ1) is 30.5. The monoisotopic (exact) mass is 444 g/mol. The van der Waals surface area contributed by atoms with Crippen molar-refractivity contribution in [3.63, 3.8) is 0 Å². The highest BCUT2D eigenvalue weighted by Gasteiger charge is 2.24. The van der Waals surface area contributed by atoms with E-state index in [1.807, 2.05) is 36.4 Å². The van der Waals surface area contributed by atoms with E-state index < -0.39 is 0 Å². The molecule has 184 valence electrons. The minimum absolute atomic E-state index is 0.0983. The highest BCUT2D eigenvalue weighted by molar-refractivity contribution is 5.22. The van der Waals surface area contributed by atoms with Gasteiger partial charge in [-0.25, -0.2) is 0 Å². The number of para-hydroxylation sites is 1. The fourth-order valence-corrected chi connectivity index (χ4v) is 3.97. The van der Waals surface area contributed by atoms with Crippen LogP contribution in [0.1, 0.15) is 81.1 Å². The number of hydrogen-bond donors (Lipinski definition) is 1. The molecule has 0 fully saturated rings. The van der Waals surface area contributed by atoms with E-state index in [9.17, 15) is 5.11 Å². The zero-order valence-electron chi connectivity index (χ0n) is 22.3. The number of aliphatic hydroxyl groups excluding tert-OH is 1. The molecule has 0 radical (unpaired) electrons. The second kappa shape index (κ2) is 17.0. The molecule has 1 aromatic rings. The average molecular weight is 445 g/mol. The van der Waals surface area contributed by atoms with Gasteiger partial charge in [0.25, 0.3) is 0 Å². The second-order valence-electron chi connectivity index (χ2n) is 10.6. The molecule has 2 heteroatoms. The van der Waals surface area contributed by atoms with Gasteiger partial charge >= 0.3 is 0 Å². The Hall–Kier alpha value is -1.54. The van der Waals surface area contributed by atoms with Gasteiger partial charge in [0.05, 0.1) is 6.10 Å². The normalized spacial score (nSPS) is 15.2. The molecular weight excluding hydrogens is 392 g/mol. The van der Waals surface area contributed by atoms with Gasteiger partial charge in [0.2, 0.25) is 0 Å². The van der Waals surface area contributed by atoms with E-state index in [-0.39, 0.29) is 12.2 Å². The van der Waals surface area contributed by atoms with Gasteiger partial charge in [-0.3, -0.25) is 0 Å². The minimum Gasteiger partial charge on any atom is -0.486 e. The molecule has 2 nitrogen and oxygen atoms in total. The van der Waals surface area contributed by atoms with Crippen LogP contribution in [-0.4, -0.2) is 17.3 Å². The topological polar surface area (TPSA) is 29.5 Å². The van der Waals surface area contributed by atoms with Crippen molar-refractivity contribution in [1.29, 1.82) is 0 Å². The van der Waals surface area contributed by atoms with Crippen LogP contribution in [0.2, 0.25) is 0 Å². The van der Waals surface area contributed by atoms with Crippen molar-refractivity contribution in [3.05, 3.63) is 55.6 Å². The summed E-state index contributed by atoms with van der Waals surface area (Å²) in [5, 5.41) is 9.68. The molecule has 0 aliphatic rings. The first-order valence-corrected chi connectivity index (χ1v) is 12.7. The molecule has 0 saturated heterocycles. The Balaban J connectivity index is 0.000000649. The van der Waals surface area contributed by atoms with Gasteiger partial charge in [-0.15, -0.1) is 6.58 Å². The molecule has 1 aromatic carbocycles. The number of benzene rings is 1. The van der Waals surface area contributed by atoms with Crippen LogP contribution in [0.15, 0.2) is 55.6 Å². The molecule has 1 N–H and O–H groups in total. The third-order valence-electron chi connectivity index (χ3n) is 6.22. The number of rotatable bonds is 14. The molecule has 0 saturated carbocycles. The zero-order chi connectivity index (χ0) is 24.7. The van der Waals surface area contributed by atoms with Crippen LogP contribution in [0.25, 0.3) is 0 Å². The molecule has 0 aromatic heterocycles. The van der Waals surface area contributed by atoms with E-state index in [1.165, 1.54) is 19.3 Å². The molecule has 4 atom stereocenters. The number of aliphatic hydroxyl groups is 1. The van der Waals surface area contributed by atoms with Gasteiger partial charge in [-0.05, 0) is 54.6 Å². The van der Waals surface area contributed by atoms with E-state index in [1.54, 1.807) is 6.08 Å². The highest BCUT2D eigenvalue weighted by Crippen LogP contribution is 2.27. The van der Waals surface area contributed by atoms with E-state index in [0.717, 1.165) is 24.0 Å². The first-order valence-electron chi connectivity index (χ1n) is 12.7. The van der Waals surface area contributed by atoms with E-state index >= 15 is 0 Å². The summed E-state index contributed by atoms with van der Waals surface area (Å²) >= 11 is 0. The Bertz CT molecular complexity index is 588. The largest absolute Gasteiger partial charge is 0.486 e. The maximum Gasteiger partial charge on any atom is 0.120 e. The van der Waals surface area contributed by atoms with Crippen LogP contribution >= 0.6 is 0 Å². The van der Waals surface area contributed by atoms with Crippen molar-refractivity contribution in [2.24, 2.45) is 35.5 Å². The van der Waals surface area contributed by atoms with Crippen LogP contribution in [-0.2, 0) is 0 Å². The summed E-state index contributed by atoms with van der Waals surface area (Å²) in [7, 11) is 0. The summed E-state index contributed by atoms with van der Waals surface area (Å²) in [5.41, 5.74) is 0. The molecule has 1 rings (SSSR count). The first-order chi connectivity index (χ1) is 15.0. The summed E-state index contributed by atoms with van der Waals surface area (Å²) in [5.74, 6) is 4.43. The van der Waals surface area contributed by atoms with Crippen LogP contribution in [0.3, 0.4) is 0 Å². The van der Waals surface area contributed by atoms with Crippen molar-refractivity contribution in [1.82, 2.24) is 0 Å².